The van der Waals surface area contributed by atoms with Gasteiger partial charge in [-0.2, -0.15) is 0 Å². The zero-order chi connectivity index (χ0) is 20.8. The Balaban J connectivity index is 1.70. The summed E-state index contributed by atoms with van der Waals surface area (Å²) < 4.78 is 6.93. The van der Waals surface area contributed by atoms with Crippen LogP contribution in [0.1, 0.15) is 23.0 Å². The molecule has 0 radical (unpaired) electrons. The molecular weight excluding hydrogens is 372 g/mol. The van der Waals surface area contributed by atoms with Crippen molar-refractivity contribution in [3.63, 3.8) is 0 Å². The number of ether oxygens (including phenoxy) is 1. The Labute approximate surface area is 167 Å². The summed E-state index contributed by atoms with van der Waals surface area (Å²) in [6.45, 7) is 1.92. The zero-order valence-electron chi connectivity index (χ0n) is 15.9. The van der Waals surface area contributed by atoms with E-state index >= 15 is 0 Å². The molecule has 3 aromatic rings. The maximum Gasteiger partial charge on any atom is 0.271 e. The second-order valence-corrected chi connectivity index (χ2v) is 6.53. The van der Waals surface area contributed by atoms with Crippen LogP contribution < -0.4 is 16.6 Å². The minimum Gasteiger partial charge on any atom is -0.371 e. The zero-order valence-corrected chi connectivity index (χ0v) is 15.9. The van der Waals surface area contributed by atoms with Gasteiger partial charge in [-0.3, -0.25) is 19.5 Å². The quantitative estimate of drug-likeness (QED) is 0.534. The number of nitrogens with one attached hydrogen (secondary N) is 2. The van der Waals surface area contributed by atoms with Crippen molar-refractivity contribution < 1.29 is 14.3 Å². The highest BCUT2D eigenvalue weighted by Crippen LogP contribution is 2.08. The molecule has 0 saturated carbocycles. The van der Waals surface area contributed by atoms with E-state index in [1.54, 1.807) is 31.2 Å². The van der Waals surface area contributed by atoms with Crippen molar-refractivity contribution in [2.24, 2.45) is 5.73 Å². The average molecular weight is 394 g/mol. The molecule has 1 aromatic heterocycles. The van der Waals surface area contributed by atoms with Gasteiger partial charge in [-0.25, -0.2) is 4.68 Å². The fourth-order valence-electron chi connectivity index (χ4n) is 2.82. The van der Waals surface area contributed by atoms with Crippen molar-refractivity contribution >= 4 is 11.8 Å². The van der Waals surface area contributed by atoms with Crippen LogP contribution in [-0.4, -0.2) is 33.7 Å². The molecule has 0 aliphatic heterocycles. The largest absolute Gasteiger partial charge is 0.371 e. The Hall–Kier alpha value is -3.65. The highest BCUT2D eigenvalue weighted by atomic mass is 16.5. The molecule has 1 heterocycles. The molecule has 4 N–H and O–H groups in total. The minimum atomic E-state index is -1.06. The van der Waals surface area contributed by atoms with Crippen LogP contribution in [0, 0.1) is 0 Å². The summed E-state index contributed by atoms with van der Waals surface area (Å²) >= 11 is 0. The summed E-state index contributed by atoms with van der Waals surface area (Å²) in [5.74, 6) is -1.36. The number of nitrogens with two attached hydrogens (primary N) is 1. The fourth-order valence-corrected chi connectivity index (χ4v) is 2.82. The number of carbonyl (C=O) groups excluding carboxylic acids is 2. The van der Waals surface area contributed by atoms with Gasteiger partial charge in [0.25, 0.3) is 11.5 Å². The predicted octanol–water partition coefficient (Wildman–Crippen LogP) is 1.35. The smallest absolute Gasteiger partial charge is 0.271 e. The summed E-state index contributed by atoms with van der Waals surface area (Å²) in [6.07, 6.45) is -0.667. The van der Waals surface area contributed by atoms with Crippen molar-refractivity contribution in [3.8, 4) is 5.69 Å². The lowest BCUT2D eigenvalue weighted by atomic mass is 10.1. The molecule has 29 heavy (non-hydrogen) atoms. The molecule has 0 aliphatic rings. The van der Waals surface area contributed by atoms with E-state index in [1.165, 1.54) is 4.68 Å². The number of primary amides is 1. The average Bonchev–Trinajstić information content (AvgIpc) is 3.13. The van der Waals surface area contributed by atoms with Crippen LogP contribution in [0.5, 0.6) is 0 Å². The molecule has 2 amide bonds. The maximum absolute atomic E-state index is 12.6. The Morgan fingerprint density at radius 1 is 1.10 bits per heavy atom. The lowest BCUT2D eigenvalue weighted by Crippen LogP contribution is -2.51. The monoisotopic (exact) mass is 394 g/mol. The first kappa shape index (κ1) is 20.1. The van der Waals surface area contributed by atoms with E-state index in [0.717, 1.165) is 11.6 Å². The molecule has 0 saturated heterocycles. The summed E-state index contributed by atoms with van der Waals surface area (Å²) in [7, 11) is 0. The number of amides is 2. The molecule has 2 atom stereocenters. The molecule has 2 unspecified atom stereocenters. The molecule has 8 heteroatoms. The van der Waals surface area contributed by atoms with E-state index in [1.807, 2.05) is 36.4 Å². The molecule has 3 rings (SSSR count). The van der Waals surface area contributed by atoms with Crippen LogP contribution in [0.2, 0.25) is 0 Å². The van der Waals surface area contributed by atoms with Gasteiger partial charge in [0.1, 0.15) is 11.7 Å². The normalized spacial score (nSPS) is 12.9. The van der Waals surface area contributed by atoms with E-state index < -0.39 is 29.5 Å². The number of aromatic amines is 1. The second-order valence-electron chi connectivity index (χ2n) is 6.53. The van der Waals surface area contributed by atoms with E-state index in [4.69, 9.17) is 10.5 Å². The second kappa shape index (κ2) is 9.03. The number of nitrogens with zero attached hydrogens (tertiary/aromatic N) is 1. The molecule has 0 aliphatic carbocycles. The molecule has 150 valence electrons. The number of hydrogen-bond donors (Lipinski definition) is 3. The summed E-state index contributed by atoms with van der Waals surface area (Å²) in [5.41, 5.74) is 6.58. The van der Waals surface area contributed by atoms with Crippen LogP contribution in [0.3, 0.4) is 0 Å². The maximum atomic E-state index is 12.6. The third-order valence-corrected chi connectivity index (χ3v) is 4.40. The van der Waals surface area contributed by atoms with Gasteiger partial charge in [0.15, 0.2) is 0 Å². The van der Waals surface area contributed by atoms with Crippen molar-refractivity contribution in [2.75, 3.05) is 0 Å². The van der Waals surface area contributed by atoms with E-state index in [2.05, 4.69) is 10.4 Å². The number of rotatable bonds is 8. The highest BCUT2D eigenvalue weighted by molar-refractivity contribution is 5.96. The van der Waals surface area contributed by atoms with Crippen LogP contribution in [0.4, 0.5) is 0 Å². The Kier molecular flexibility index (Phi) is 6.25. The fraction of sp³-hybridized carbons (Fsp3) is 0.190. The lowest BCUT2D eigenvalue weighted by molar-refractivity contribution is -0.123. The number of hydrogen-bond acceptors (Lipinski definition) is 4. The number of aromatic nitrogens is 2. The van der Waals surface area contributed by atoms with E-state index in [0.29, 0.717) is 5.69 Å². The topological polar surface area (TPSA) is 119 Å². The van der Waals surface area contributed by atoms with E-state index in [9.17, 15) is 14.4 Å². The number of para-hydroxylation sites is 1. The summed E-state index contributed by atoms with van der Waals surface area (Å²) in [4.78, 5) is 36.6. The number of H-pyrrole nitrogens is 1. The third kappa shape index (κ3) is 4.99. The first-order chi connectivity index (χ1) is 14.0. The van der Waals surface area contributed by atoms with Gasteiger partial charge in [-0.15, -0.1) is 0 Å². The van der Waals surface area contributed by atoms with Crippen molar-refractivity contribution in [1.29, 1.82) is 0 Å². The van der Waals surface area contributed by atoms with Gasteiger partial charge in [-0.05, 0) is 24.6 Å². The third-order valence-electron chi connectivity index (χ3n) is 4.40. The molecule has 0 fully saturated rings. The van der Waals surface area contributed by atoms with Crippen molar-refractivity contribution in [2.45, 2.75) is 25.7 Å². The van der Waals surface area contributed by atoms with Crippen LogP contribution in [0.15, 0.2) is 71.5 Å². The van der Waals surface area contributed by atoms with E-state index in [-0.39, 0.29) is 12.3 Å². The SMILES string of the molecule is CC(OCc1ccccc1)C(NC(=O)c1cc(=O)n(-c2ccccc2)[nH]1)C(N)=O. The lowest BCUT2D eigenvalue weighted by Gasteiger charge is -2.22. The van der Waals surface area contributed by atoms with Gasteiger partial charge in [0, 0.05) is 6.07 Å². The van der Waals surface area contributed by atoms with Crippen LogP contribution >= 0.6 is 0 Å². The van der Waals surface area contributed by atoms with Gasteiger partial charge in [-0.1, -0.05) is 48.5 Å². The highest BCUT2D eigenvalue weighted by Gasteiger charge is 2.27. The first-order valence-corrected chi connectivity index (χ1v) is 9.09. The van der Waals surface area contributed by atoms with Gasteiger partial charge in [0.2, 0.25) is 5.91 Å². The first-order valence-electron chi connectivity index (χ1n) is 9.09. The Morgan fingerprint density at radius 3 is 2.34 bits per heavy atom. The minimum absolute atomic E-state index is 0.0142. The summed E-state index contributed by atoms with van der Waals surface area (Å²) in [6, 6.07) is 18.4. The predicted molar refractivity (Wildman–Crippen MR) is 108 cm³/mol. The molecule has 2 aromatic carbocycles. The standard InChI is InChI=1S/C21H22N4O4/c1-14(29-13-15-8-4-2-5-9-15)19(20(22)27)23-21(28)17-12-18(26)25(24-17)16-10-6-3-7-11-16/h2-12,14,19,24H,13H2,1H3,(H2,22,27)(H,23,28). The summed E-state index contributed by atoms with van der Waals surface area (Å²) in [5, 5.41) is 5.28. The number of carbonyl (C=O) groups is 2. The van der Waals surface area contributed by atoms with Crippen LogP contribution in [-0.2, 0) is 16.1 Å². The van der Waals surface area contributed by atoms with Gasteiger partial charge < -0.3 is 15.8 Å². The van der Waals surface area contributed by atoms with Gasteiger partial charge in [0.05, 0.1) is 18.4 Å². The Bertz CT molecular complexity index is 1030. The van der Waals surface area contributed by atoms with Gasteiger partial charge >= 0.3 is 0 Å². The van der Waals surface area contributed by atoms with Crippen molar-refractivity contribution in [3.05, 3.63) is 88.3 Å². The number of benzene rings is 2. The molecule has 8 nitrogen and oxygen atoms in total. The Morgan fingerprint density at radius 2 is 1.72 bits per heavy atom. The van der Waals surface area contributed by atoms with Crippen molar-refractivity contribution in [1.82, 2.24) is 15.1 Å². The van der Waals surface area contributed by atoms with Crippen LogP contribution in [0.25, 0.3) is 5.69 Å². The molecule has 0 bridgehead atoms. The molecular formula is C21H22N4O4. The molecule has 0 spiro atoms.